The van der Waals surface area contributed by atoms with Crippen molar-refractivity contribution in [3.63, 3.8) is 0 Å². The summed E-state index contributed by atoms with van der Waals surface area (Å²) < 4.78 is 89.5. The Balaban J connectivity index is 4.67. The van der Waals surface area contributed by atoms with Gasteiger partial charge in [-0.1, -0.05) is 20.3 Å². The zero-order valence-corrected chi connectivity index (χ0v) is 10.2. The Bertz CT molecular complexity index is 311. The number of ether oxygens (including phenoxy) is 1. The third-order valence-corrected chi connectivity index (χ3v) is 2.34. The molecule has 0 saturated carbocycles. The minimum Gasteiger partial charge on any atom is -0.459 e. The number of rotatable bonds is 6. The third-order valence-electron chi connectivity index (χ3n) is 2.34. The fraction of sp³-hybridized carbons (Fsp3) is 0.900. The van der Waals surface area contributed by atoms with Gasteiger partial charge in [0.1, 0.15) is 0 Å². The van der Waals surface area contributed by atoms with Crippen molar-refractivity contribution in [2.75, 3.05) is 6.61 Å². The summed E-state index contributed by atoms with van der Waals surface area (Å²) in [5, 5.41) is 0. The molecular formula is C10H13F7O2. The lowest BCUT2D eigenvalue weighted by Crippen LogP contribution is -2.54. The molecule has 1 atom stereocenters. The summed E-state index contributed by atoms with van der Waals surface area (Å²) in [5.41, 5.74) is 0. The van der Waals surface area contributed by atoms with Crippen molar-refractivity contribution in [1.82, 2.24) is 0 Å². The maximum atomic E-state index is 12.8. The maximum Gasteiger partial charge on any atom is 0.460 e. The minimum atomic E-state index is -6.42. The molecule has 0 aromatic heterocycles. The summed E-state index contributed by atoms with van der Waals surface area (Å²) in [6, 6.07) is 0. The summed E-state index contributed by atoms with van der Waals surface area (Å²) >= 11 is 0. The van der Waals surface area contributed by atoms with Crippen LogP contribution in [0.2, 0.25) is 0 Å². The van der Waals surface area contributed by atoms with Gasteiger partial charge in [0.25, 0.3) is 0 Å². The van der Waals surface area contributed by atoms with Crippen molar-refractivity contribution in [1.29, 1.82) is 0 Å². The van der Waals surface area contributed by atoms with E-state index in [-0.39, 0.29) is 6.42 Å². The van der Waals surface area contributed by atoms with E-state index >= 15 is 0 Å². The molecule has 0 aromatic rings. The van der Waals surface area contributed by atoms with Crippen LogP contribution >= 0.6 is 0 Å². The van der Waals surface area contributed by atoms with E-state index in [1.54, 1.807) is 6.92 Å². The first-order chi connectivity index (χ1) is 8.37. The second-order valence-electron chi connectivity index (χ2n) is 4.07. The van der Waals surface area contributed by atoms with E-state index in [1.165, 1.54) is 6.92 Å². The predicted octanol–water partition coefficient (Wildman–Crippen LogP) is 3.80. The van der Waals surface area contributed by atoms with Crippen LogP contribution < -0.4 is 0 Å². The molecule has 0 spiro atoms. The highest BCUT2D eigenvalue weighted by atomic mass is 19.4. The van der Waals surface area contributed by atoms with E-state index < -0.39 is 36.5 Å². The summed E-state index contributed by atoms with van der Waals surface area (Å²) in [6.45, 7) is 0.661. The zero-order valence-electron chi connectivity index (χ0n) is 10.2. The van der Waals surface area contributed by atoms with E-state index in [0.29, 0.717) is 6.42 Å². The third kappa shape index (κ3) is 4.24. The monoisotopic (exact) mass is 298 g/mol. The normalized spacial score (nSPS) is 15.2. The van der Waals surface area contributed by atoms with Crippen LogP contribution in [-0.4, -0.2) is 30.6 Å². The fourth-order valence-electron chi connectivity index (χ4n) is 1.15. The van der Waals surface area contributed by atoms with Crippen molar-refractivity contribution in [3.05, 3.63) is 0 Å². The first-order valence-corrected chi connectivity index (χ1v) is 5.35. The Morgan fingerprint density at radius 3 is 1.95 bits per heavy atom. The van der Waals surface area contributed by atoms with Crippen LogP contribution in [0.5, 0.6) is 0 Å². The lowest BCUT2D eigenvalue weighted by atomic mass is 10.1. The molecule has 9 heteroatoms. The Kier molecular flexibility index (Phi) is 5.64. The van der Waals surface area contributed by atoms with Crippen LogP contribution in [0, 0.1) is 5.92 Å². The molecule has 19 heavy (non-hydrogen) atoms. The Labute approximate surface area is 104 Å². The molecule has 0 fully saturated rings. The first kappa shape index (κ1) is 18.0. The van der Waals surface area contributed by atoms with Crippen molar-refractivity contribution in [3.8, 4) is 0 Å². The average Bonchev–Trinajstić information content (AvgIpc) is 2.24. The van der Waals surface area contributed by atoms with Gasteiger partial charge >= 0.3 is 24.0 Å². The van der Waals surface area contributed by atoms with Crippen LogP contribution in [0.4, 0.5) is 30.7 Å². The molecule has 0 N–H and O–H groups in total. The molecule has 0 bridgehead atoms. The Morgan fingerprint density at radius 2 is 1.58 bits per heavy atom. The summed E-state index contributed by atoms with van der Waals surface area (Å²) in [4.78, 5) is 11.1. The molecule has 0 aliphatic heterocycles. The van der Waals surface area contributed by atoms with Gasteiger partial charge in [-0.15, -0.1) is 0 Å². The Morgan fingerprint density at radius 1 is 1.11 bits per heavy atom. The van der Waals surface area contributed by atoms with Crippen LogP contribution in [-0.2, 0) is 9.53 Å². The topological polar surface area (TPSA) is 26.3 Å². The first-order valence-electron chi connectivity index (χ1n) is 5.35. The van der Waals surface area contributed by atoms with Gasteiger partial charge in [0.2, 0.25) is 0 Å². The maximum absolute atomic E-state index is 12.8. The van der Waals surface area contributed by atoms with Crippen LogP contribution in [0.25, 0.3) is 0 Å². The number of hydrogen-bond acceptors (Lipinski definition) is 2. The van der Waals surface area contributed by atoms with Gasteiger partial charge in [0, 0.05) is 0 Å². The van der Waals surface area contributed by atoms with Crippen LogP contribution in [0.3, 0.4) is 0 Å². The van der Waals surface area contributed by atoms with Gasteiger partial charge in [-0.05, 0) is 6.42 Å². The summed E-state index contributed by atoms with van der Waals surface area (Å²) in [7, 11) is 0. The average molecular weight is 298 g/mol. The highest BCUT2D eigenvalue weighted by molar-refractivity contribution is 5.71. The van der Waals surface area contributed by atoms with E-state index in [0.717, 1.165) is 0 Å². The largest absolute Gasteiger partial charge is 0.460 e. The summed E-state index contributed by atoms with van der Waals surface area (Å²) in [6.07, 6.45) is -5.66. The van der Waals surface area contributed by atoms with Gasteiger partial charge in [-0.25, -0.2) is 0 Å². The van der Waals surface area contributed by atoms with E-state index in [9.17, 15) is 35.5 Å². The highest BCUT2D eigenvalue weighted by Crippen LogP contribution is 2.46. The lowest BCUT2D eigenvalue weighted by molar-refractivity contribution is -0.360. The molecule has 0 amide bonds. The quantitative estimate of drug-likeness (QED) is 0.551. The second-order valence-corrected chi connectivity index (χ2v) is 4.07. The second kappa shape index (κ2) is 5.96. The number of carbonyl (C=O) groups excluding carboxylic acids is 1. The predicted molar refractivity (Wildman–Crippen MR) is 51.0 cm³/mol. The van der Waals surface area contributed by atoms with Gasteiger partial charge in [-0.2, -0.15) is 30.7 Å². The molecule has 0 aromatic carbocycles. The zero-order chi connectivity index (χ0) is 15.5. The molecule has 2 nitrogen and oxygen atoms in total. The van der Waals surface area contributed by atoms with E-state index in [1.807, 2.05) is 0 Å². The van der Waals surface area contributed by atoms with Gasteiger partial charge < -0.3 is 4.74 Å². The smallest absolute Gasteiger partial charge is 0.459 e. The fourth-order valence-corrected chi connectivity index (χ4v) is 1.15. The van der Waals surface area contributed by atoms with E-state index in [4.69, 9.17) is 0 Å². The van der Waals surface area contributed by atoms with Crippen molar-refractivity contribution in [2.45, 2.75) is 44.7 Å². The van der Waals surface area contributed by atoms with Crippen molar-refractivity contribution in [2.24, 2.45) is 5.92 Å². The SMILES string of the molecule is CCCC(C)C(=O)OCC(F)(F)C(F)(F)C(F)(F)F. The van der Waals surface area contributed by atoms with E-state index in [2.05, 4.69) is 4.74 Å². The van der Waals surface area contributed by atoms with Gasteiger partial charge in [0.15, 0.2) is 6.61 Å². The van der Waals surface area contributed by atoms with Gasteiger partial charge in [-0.3, -0.25) is 4.79 Å². The van der Waals surface area contributed by atoms with Crippen LogP contribution in [0.1, 0.15) is 26.7 Å². The number of carbonyl (C=O) groups is 1. The van der Waals surface area contributed by atoms with Crippen LogP contribution in [0.15, 0.2) is 0 Å². The molecule has 0 heterocycles. The molecule has 0 saturated heterocycles. The minimum absolute atomic E-state index is 0.250. The molecular weight excluding hydrogens is 285 g/mol. The Hall–Kier alpha value is -1.02. The molecule has 0 aliphatic carbocycles. The number of alkyl halides is 7. The summed E-state index contributed by atoms with van der Waals surface area (Å²) in [5.74, 6) is -13.8. The molecule has 0 rings (SSSR count). The van der Waals surface area contributed by atoms with Gasteiger partial charge in [0.05, 0.1) is 5.92 Å². The standard InChI is InChI=1S/C10H13F7O2/c1-3-4-6(2)7(18)19-5-8(11,12)9(13,14)10(15,16)17/h6H,3-5H2,1-2H3. The number of halogens is 7. The van der Waals surface area contributed by atoms with Crippen molar-refractivity contribution < 1.29 is 40.3 Å². The number of hydrogen-bond donors (Lipinski definition) is 0. The van der Waals surface area contributed by atoms with Crippen molar-refractivity contribution >= 4 is 5.97 Å². The molecule has 0 radical (unpaired) electrons. The molecule has 1 unspecified atom stereocenters. The highest BCUT2D eigenvalue weighted by Gasteiger charge is 2.73. The molecule has 0 aliphatic rings. The number of esters is 1. The lowest BCUT2D eigenvalue weighted by Gasteiger charge is -2.27. The molecule has 114 valence electrons.